The van der Waals surface area contributed by atoms with E-state index in [4.69, 9.17) is 5.73 Å². The summed E-state index contributed by atoms with van der Waals surface area (Å²) in [6.07, 6.45) is 4.05. The molecular weight excluding hydrogens is 258 g/mol. The minimum Gasteiger partial charge on any atom is -0.480 e. The first kappa shape index (κ1) is 14.3. The Morgan fingerprint density at radius 2 is 2.30 bits per heavy atom. The third-order valence-electron chi connectivity index (χ3n) is 3.90. The van der Waals surface area contributed by atoms with Crippen LogP contribution in [-0.2, 0) is 4.79 Å². The van der Waals surface area contributed by atoms with Crippen LogP contribution in [0, 0.1) is 5.92 Å². The highest BCUT2D eigenvalue weighted by atomic mass is 16.4. The lowest BCUT2D eigenvalue weighted by Gasteiger charge is -2.38. The van der Waals surface area contributed by atoms with E-state index in [2.05, 4.69) is 11.9 Å². The van der Waals surface area contributed by atoms with Crippen molar-refractivity contribution in [3.8, 4) is 0 Å². The molecule has 1 aliphatic rings. The van der Waals surface area contributed by atoms with Crippen LogP contribution in [-0.4, -0.2) is 34.6 Å². The second-order valence-electron chi connectivity index (χ2n) is 5.11. The third kappa shape index (κ3) is 2.89. The van der Waals surface area contributed by atoms with Gasteiger partial charge in [-0.1, -0.05) is 13.3 Å². The zero-order chi connectivity index (χ0) is 14.7. The van der Waals surface area contributed by atoms with Crippen LogP contribution in [0.2, 0.25) is 0 Å². The van der Waals surface area contributed by atoms with Crippen molar-refractivity contribution in [3.63, 3.8) is 0 Å². The summed E-state index contributed by atoms with van der Waals surface area (Å²) >= 11 is 0. The molecule has 6 nitrogen and oxygen atoms in total. The second-order valence-corrected chi connectivity index (χ2v) is 5.11. The number of primary amides is 1. The number of amides is 1. The van der Waals surface area contributed by atoms with Gasteiger partial charge in [-0.15, -0.1) is 0 Å². The third-order valence-corrected chi connectivity index (χ3v) is 3.90. The normalized spacial score (nSPS) is 22.6. The minimum absolute atomic E-state index is 0.157. The summed E-state index contributed by atoms with van der Waals surface area (Å²) in [6.45, 7) is 2.74. The zero-order valence-electron chi connectivity index (χ0n) is 11.5. The van der Waals surface area contributed by atoms with Gasteiger partial charge in [0.05, 0.1) is 0 Å². The summed E-state index contributed by atoms with van der Waals surface area (Å²) < 4.78 is 0. The van der Waals surface area contributed by atoms with Crippen LogP contribution >= 0.6 is 0 Å². The van der Waals surface area contributed by atoms with Gasteiger partial charge in [0, 0.05) is 18.4 Å². The number of hydrogen-bond acceptors (Lipinski definition) is 4. The number of nitrogens with zero attached hydrogens (tertiary/aromatic N) is 2. The van der Waals surface area contributed by atoms with Gasteiger partial charge in [-0.05, 0) is 30.9 Å². The van der Waals surface area contributed by atoms with Crippen LogP contribution < -0.4 is 10.6 Å². The van der Waals surface area contributed by atoms with Crippen molar-refractivity contribution >= 4 is 17.6 Å². The Morgan fingerprint density at radius 3 is 2.90 bits per heavy atom. The molecule has 2 heterocycles. The number of carbonyl (C=O) groups is 2. The number of aliphatic carboxylic acids is 1. The Balaban J connectivity index is 2.28. The first-order chi connectivity index (χ1) is 9.52. The summed E-state index contributed by atoms with van der Waals surface area (Å²) in [7, 11) is 0. The number of nitrogens with two attached hydrogens (primary N) is 1. The number of pyridine rings is 1. The number of piperidine rings is 1. The predicted molar refractivity (Wildman–Crippen MR) is 74.5 cm³/mol. The molecule has 0 aliphatic carbocycles. The first-order valence-corrected chi connectivity index (χ1v) is 6.78. The molecule has 3 N–H and O–H groups in total. The highest BCUT2D eigenvalue weighted by Crippen LogP contribution is 2.30. The van der Waals surface area contributed by atoms with Gasteiger partial charge in [-0.3, -0.25) is 9.78 Å². The molecule has 2 unspecified atom stereocenters. The molecule has 20 heavy (non-hydrogen) atoms. The van der Waals surface area contributed by atoms with Gasteiger partial charge in [0.15, 0.2) is 0 Å². The lowest BCUT2D eigenvalue weighted by Crippen LogP contribution is -2.47. The van der Waals surface area contributed by atoms with E-state index in [0.29, 0.717) is 24.6 Å². The molecule has 1 fully saturated rings. The van der Waals surface area contributed by atoms with Crippen LogP contribution in [0.25, 0.3) is 0 Å². The number of carboxylic acids is 1. The fourth-order valence-corrected chi connectivity index (χ4v) is 2.69. The van der Waals surface area contributed by atoms with E-state index >= 15 is 0 Å². The topological polar surface area (TPSA) is 96.5 Å². The van der Waals surface area contributed by atoms with Crippen molar-refractivity contribution in [3.05, 3.63) is 24.0 Å². The van der Waals surface area contributed by atoms with Crippen LogP contribution in [0.15, 0.2) is 18.3 Å². The Morgan fingerprint density at radius 1 is 1.55 bits per heavy atom. The molecule has 0 radical (unpaired) electrons. The average Bonchev–Trinajstić information content (AvgIpc) is 2.46. The Bertz CT molecular complexity index is 518. The van der Waals surface area contributed by atoms with Gasteiger partial charge in [0.25, 0.3) is 5.91 Å². The van der Waals surface area contributed by atoms with E-state index in [-0.39, 0.29) is 5.69 Å². The van der Waals surface area contributed by atoms with Crippen molar-refractivity contribution < 1.29 is 14.7 Å². The number of aromatic nitrogens is 1. The maximum absolute atomic E-state index is 11.5. The molecular formula is C14H19N3O3. The van der Waals surface area contributed by atoms with Crippen molar-refractivity contribution in [1.82, 2.24) is 4.98 Å². The Kier molecular flexibility index (Phi) is 4.22. The molecule has 6 heteroatoms. The van der Waals surface area contributed by atoms with E-state index in [1.54, 1.807) is 12.1 Å². The maximum Gasteiger partial charge on any atom is 0.326 e. The summed E-state index contributed by atoms with van der Waals surface area (Å²) in [4.78, 5) is 28.4. The molecule has 0 spiro atoms. The molecule has 108 valence electrons. The molecule has 0 aromatic carbocycles. The van der Waals surface area contributed by atoms with Gasteiger partial charge in [0.2, 0.25) is 0 Å². The van der Waals surface area contributed by atoms with E-state index < -0.39 is 17.9 Å². The summed E-state index contributed by atoms with van der Waals surface area (Å²) in [5.41, 5.74) is 6.06. The van der Waals surface area contributed by atoms with Gasteiger partial charge < -0.3 is 15.7 Å². The van der Waals surface area contributed by atoms with Crippen LogP contribution in [0.5, 0.6) is 0 Å². The van der Waals surface area contributed by atoms with E-state index in [1.807, 2.05) is 4.90 Å². The van der Waals surface area contributed by atoms with Crippen molar-refractivity contribution in [2.24, 2.45) is 11.7 Å². The van der Waals surface area contributed by atoms with E-state index in [0.717, 1.165) is 12.8 Å². The number of rotatable bonds is 4. The second kappa shape index (κ2) is 5.90. The molecule has 1 aromatic rings. The molecule has 1 amide bonds. The number of carbonyl (C=O) groups excluding carboxylic acids is 1. The van der Waals surface area contributed by atoms with Gasteiger partial charge >= 0.3 is 5.97 Å². The van der Waals surface area contributed by atoms with Gasteiger partial charge in [0.1, 0.15) is 11.7 Å². The van der Waals surface area contributed by atoms with Crippen LogP contribution in [0.4, 0.5) is 5.69 Å². The van der Waals surface area contributed by atoms with Crippen LogP contribution in [0.1, 0.15) is 36.7 Å². The number of anilines is 1. The van der Waals surface area contributed by atoms with Gasteiger partial charge in [-0.25, -0.2) is 4.79 Å². The average molecular weight is 277 g/mol. The molecule has 1 aliphatic heterocycles. The molecule has 2 rings (SSSR count). The van der Waals surface area contributed by atoms with E-state index in [9.17, 15) is 14.7 Å². The molecule has 0 bridgehead atoms. The summed E-state index contributed by atoms with van der Waals surface area (Å²) in [5, 5.41) is 9.41. The van der Waals surface area contributed by atoms with Crippen LogP contribution in [0.3, 0.4) is 0 Å². The standard InChI is InChI=1S/C14H19N3O3/c1-2-9-4-6-17(12(7-9)14(19)20)10-3-5-16-11(8-10)13(15)18/h3,5,8-9,12H,2,4,6-7H2,1H3,(H2,15,18)(H,19,20). The minimum atomic E-state index is -0.833. The highest BCUT2D eigenvalue weighted by Gasteiger charge is 2.33. The number of carboxylic acid groups (broad SMARTS) is 1. The Hall–Kier alpha value is -2.11. The smallest absolute Gasteiger partial charge is 0.326 e. The predicted octanol–water partition coefficient (Wildman–Crippen LogP) is 1.26. The highest BCUT2D eigenvalue weighted by molar-refractivity contribution is 5.92. The largest absolute Gasteiger partial charge is 0.480 e. The maximum atomic E-state index is 11.5. The van der Waals surface area contributed by atoms with Crippen molar-refractivity contribution in [1.29, 1.82) is 0 Å². The van der Waals surface area contributed by atoms with Crippen molar-refractivity contribution in [2.45, 2.75) is 32.2 Å². The van der Waals surface area contributed by atoms with E-state index in [1.165, 1.54) is 6.20 Å². The van der Waals surface area contributed by atoms with Gasteiger partial charge in [-0.2, -0.15) is 0 Å². The summed E-state index contributed by atoms with van der Waals surface area (Å²) in [5.74, 6) is -1.01. The first-order valence-electron chi connectivity index (χ1n) is 6.78. The quantitative estimate of drug-likeness (QED) is 0.863. The molecule has 1 saturated heterocycles. The molecule has 0 saturated carbocycles. The number of hydrogen-bond donors (Lipinski definition) is 2. The summed E-state index contributed by atoms with van der Waals surface area (Å²) in [6, 6.07) is 2.72. The lowest BCUT2D eigenvalue weighted by molar-refractivity contribution is -0.139. The fraction of sp³-hybridized carbons (Fsp3) is 0.500. The fourth-order valence-electron chi connectivity index (χ4n) is 2.69. The monoisotopic (exact) mass is 277 g/mol. The molecule has 2 atom stereocenters. The Labute approximate surface area is 117 Å². The zero-order valence-corrected chi connectivity index (χ0v) is 11.5. The molecule has 1 aromatic heterocycles. The van der Waals surface area contributed by atoms with Crippen molar-refractivity contribution in [2.75, 3.05) is 11.4 Å². The SMILES string of the molecule is CCC1CCN(c2ccnc(C(N)=O)c2)C(C(=O)O)C1. The lowest BCUT2D eigenvalue weighted by atomic mass is 9.88.